The van der Waals surface area contributed by atoms with Crippen LogP contribution in [0.2, 0.25) is 0 Å². The summed E-state index contributed by atoms with van der Waals surface area (Å²) in [5.41, 5.74) is 0. The number of hydrogen-bond acceptors (Lipinski definition) is 6. The number of carbonyl (C=O) groups excluding carboxylic acids is 2. The molecule has 6 nitrogen and oxygen atoms in total. The van der Waals surface area contributed by atoms with Gasteiger partial charge in [0.2, 0.25) is 0 Å². The number of rotatable bonds is 0. The van der Waals surface area contributed by atoms with Crippen LogP contribution in [0.3, 0.4) is 0 Å². The molecule has 16 heavy (non-hydrogen) atoms. The third-order valence-corrected chi connectivity index (χ3v) is 1.67. The van der Waals surface area contributed by atoms with Crippen molar-refractivity contribution >= 4 is 11.9 Å². The highest BCUT2D eigenvalue weighted by atomic mass is 16.6. The Morgan fingerprint density at radius 3 is 1.50 bits per heavy atom. The molecule has 0 amide bonds. The largest absolute Gasteiger partial charge is 0.460 e. The average molecular weight is 230 g/mol. The molecule has 0 unspecified atom stereocenters. The quantitative estimate of drug-likeness (QED) is 0.531. The van der Waals surface area contributed by atoms with Crippen LogP contribution in [0.1, 0.15) is 0 Å². The van der Waals surface area contributed by atoms with E-state index >= 15 is 0 Å². The van der Waals surface area contributed by atoms with Gasteiger partial charge in [-0.05, 0) is 0 Å². The molecule has 1 rings (SSSR count). The summed E-state index contributed by atoms with van der Waals surface area (Å²) >= 11 is 0. The molecule has 6 heteroatoms. The third kappa shape index (κ3) is 6.15. The smallest absolute Gasteiger partial charge is 0.331 e. The molecule has 0 aromatic rings. The van der Waals surface area contributed by atoms with E-state index in [2.05, 4.69) is 0 Å². The van der Waals surface area contributed by atoms with Crippen LogP contribution in [0.4, 0.5) is 0 Å². The Kier molecular flexibility index (Phi) is 6.20. The molecule has 1 aliphatic heterocycles. The molecule has 0 atom stereocenters. The van der Waals surface area contributed by atoms with E-state index in [9.17, 15) is 9.59 Å². The first-order valence-corrected chi connectivity index (χ1v) is 4.96. The van der Waals surface area contributed by atoms with Gasteiger partial charge in [0, 0.05) is 12.2 Å². The molecule has 0 saturated carbocycles. The van der Waals surface area contributed by atoms with Crippen LogP contribution < -0.4 is 0 Å². The van der Waals surface area contributed by atoms with Crippen molar-refractivity contribution in [2.75, 3.05) is 39.6 Å². The van der Waals surface area contributed by atoms with E-state index in [-0.39, 0.29) is 13.2 Å². The van der Waals surface area contributed by atoms with Crippen molar-refractivity contribution in [3.63, 3.8) is 0 Å². The Morgan fingerprint density at radius 1 is 0.688 bits per heavy atom. The van der Waals surface area contributed by atoms with Crippen LogP contribution in [0.5, 0.6) is 0 Å². The SMILES string of the molecule is O=C1C=CC(=O)OCCOCCOCCO1. The first-order valence-electron chi connectivity index (χ1n) is 4.96. The second-order valence-corrected chi connectivity index (χ2v) is 2.89. The number of cyclic esters (lactones) is 2. The Morgan fingerprint density at radius 2 is 1.06 bits per heavy atom. The van der Waals surface area contributed by atoms with Gasteiger partial charge in [-0.1, -0.05) is 0 Å². The van der Waals surface area contributed by atoms with Crippen molar-refractivity contribution in [1.29, 1.82) is 0 Å². The van der Waals surface area contributed by atoms with Crippen LogP contribution in [-0.2, 0) is 28.5 Å². The van der Waals surface area contributed by atoms with E-state index in [1.54, 1.807) is 0 Å². The van der Waals surface area contributed by atoms with E-state index in [0.29, 0.717) is 26.4 Å². The summed E-state index contributed by atoms with van der Waals surface area (Å²) in [5, 5.41) is 0. The van der Waals surface area contributed by atoms with Gasteiger partial charge in [-0.15, -0.1) is 0 Å². The molecule has 0 spiro atoms. The summed E-state index contributed by atoms with van der Waals surface area (Å²) in [6.45, 7) is 1.76. The number of hydrogen-bond donors (Lipinski definition) is 0. The van der Waals surface area contributed by atoms with Crippen LogP contribution in [-0.4, -0.2) is 51.6 Å². The molecular weight excluding hydrogens is 216 g/mol. The van der Waals surface area contributed by atoms with Crippen LogP contribution in [0.25, 0.3) is 0 Å². The fraction of sp³-hybridized carbons (Fsp3) is 0.600. The molecule has 0 N–H and O–H groups in total. The summed E-state index contributed by atoms with van der Waals surface area (Å²) in [7, 11) is 0. The zero-order chi connectivity index (χ0) is 11.6. The van der Waals surface area contributed by atoms with E-state index in [4.69, 9.17) is 18.9 Å². The molecule has 0 bridgehead atoms. The van der Waals surface area contributed by atoms with Gasteiger partial charge in [-0.2, -0.15) is 0 Å². The highest BCUT2D eigenvalue weighted by Gasteiger charge is 2.02. The Labute approximate surface area is 93.1 Å². The fourth-order valence-corrected chi connectivity index (χ4v) is 0.957. The molecule has 0 aliphatic carbocycles. The second-order valence-electron chi connectivity index (χ2n) is 2.89. The van der Waals surface area contributed by atoms with E-state index < -0.39 is 11.9 Å². The van der Waals surface area contributed by atoms with Gasteiger partial charge in [0.15, 0.2) is 0 Å². The fourth-order valence-electron chi connectivity index (χ4n) is 0.957. The predicted octanol–water partition coefficient (Wildman–Crippen LogP) is -0.324. The summed E-state index contributed by atoms with van der Waals surface area (Å²) in [5.74, 6) is -1.18. The molecule has 1 heterocycles. The Hall–Kier alpha value is -1.40. The van der Waals surface area contributed by atoms with Crippen LogP contribution in [0, 0.1) is 0 Å². The molecule has 0 radical (unpaired) electrons. The zero-order valence-electron chi connectivity index (χ0n) is 8.85. The summed E-state index contributed by atoms with van der Waals surface area (Å²) in [6, 6.07) is 0. The molecule has 0 aromatic carbocycles. The lowest BCUT2D eigenvalue weighted by Gasteiger charge is -2.07. The van der Waals surface area contributed by atoms with Gasteiger partial charge >= 0.3 is 11.9 Å². The van der Waals surface area contributed by atoms with Crippen molar-refractivity contribution in [2.45, 2.75) is 0 Å². The summed E-state index contributed by atoms with van der Waals surface area (Å²) in [6.07, 6.45) is 2.05. The standard InChI is InChI=1S/C10H14O6/c11-9-1-2-10(12)16-8-6-14-4-3-13-5-7-15-9/h1-2H,3-8H2. The minimum absolute atomic E-state index is 0.151. The third-order valence-electron chi connectivity index (χ3n) is 1.67. The molecule has 0 fully saturated rings. The van der Waals surface area contributed by atoms with Gasteiger partial charge in [0.25, 0.3) is 0 Å². The summed E-state index contributed by atoms with van der Waals surface area (Å²) in [4.78, 5) is 22.0. The molecule has 1 aliphatic rings. The second kappa shape index (κ2) is 7.84. The van der Waals surface area contributed by atoms with E-state index in [1.165, 1.54) is 0 Å². The average Bonchev–Trinajstić information content (AvgIpc) is 2.28. The van der Waals surface area contributed by atoms with Crippen molar-refractivity contribution in [2.24, 2.45) is 0 Å². The lowest BCUT2D eigenvalue weighted by Crippen LogP contribution is -2.15. The maximum atomic E-state index is 11.0. The van der Waals surface area contributed by atoms with Crippen molar-refractivity contribution in [3.05, 3.63) is 12.2 Å². The highest BCUT2D eigenvalue weighted by Crippen LogP contribution is 1.89. The lowest BCUT2D eigenvalue weighted by molar-refractivity contribution is -0.142. The van der Waals surface area contributed by atoms with Crippen LogP contribution >= 0.6 is 0 Å². The Balaban J connectivity index is 2.37. The topological polar surface area (TPSA) is 71.1 Å². The van der Waals surface area contributed by atoms with Crippen molar-refractivity contribution in [1.82, 2.24) is 0 Å². The van der Waals surface area contributed by atoms with E-state index in [1.807, 2.05) is 0 Å². The number of ether oxygens (including phenoxy) is 4. The minimum atomic E-state index is -0.589. The van der Waals surface area contributed by atoms with E-state index in [0.717, 1.165) is 12.2 Å². The maximum Gasteiger partial charge on any atom is 0.331 e. The van der Waals surface area contributed by atoms with Gasteiger partial charge in [0.1, 0.15) is 13.2 Å². The first-order chi connectivity index (χ1) is 7.79. The molecule has 0 aromatic heterocycles. The van der Waals surface area contributed by atoms with Crippen molar-refractivity contribution in [3.8, 4) is 0 Å². The summed E-state index contributed by atoms with van der Waals surface area (Å²) < 4.78 is 19.7. The zero-order valence-corrected chi connectivity index (χ0v) is 8.85. The number of esters is 2. The number of carbonyl (C=O) groups is 2. The van der Waals surface area contributed by atoms with Gasteiger partial charge in [0.05, 0.1) is 26.4 Å². The minimum Gasteiger partial charge on any atom is -0.460 e. The Bertz CT molecular complexity index is 234. The maximum absolute atomic E-state index is 11.0. The predicted molar refractivity (Wildman–Crippen MR) is 52.7 cm³/mol. The van der Waals surface area contributed by atoms with Gasteiger partial charge in [-0.3, -0.25) is 0 Å². The highest BCUT2D eigenvalue weighted by molar-refractivity contribution is 5.91. The van der Waals surface area contributed by atoms with Gasteiger partial charge in [-0.25, -0.2) is 9.59 Å². The lowest BCUT2D eigenvalue weighted by atomic mass is 10.5. The molecule has 0 saturated heterocycles. The monoisotopic (exact) mass is 230 g/mol. The molecular formula is C10H14O6. The normalized spacial score (nSPS) is 20.8. The first kappa shape index (κ1) is 12.7. The molecule has 90 valence electrons. The van der Waals surface area contributed by atoms with Crippen LogP contribution in [0.15, 0.2) is 12.2 Å². The van der Waals surface area contributed by atoms with Crippen molar-refractivity contribution < 1.29 is 28.5 Å². The van der Waals surface area contributed by atoms with Gasteiger partial charge < -0.3 is 18.9 Å².